The molecular weight excluding hydrogens is 340 g/mol. The maximum atomic E-state index is 5.50. The molecule has 0 saturated carbocycles. The monoisotopic (exact) mass is 368 g/mol. The van der Waals surface area contributed by atoms with E-state index in [4.69, 9.17) is 9.47 Å². The quantitative estimate of drug-likeness (QED) is 0.805. The maximum Gasteiger partial charge on any atom is 0.162 e. The lowest BCUT2D eigenvalue weighted by Crippen LogP contribution is -2.39. The molecule has 1 atom stereocenters. The topological polar surface area (TPSA) is 50.7 Å². The number of hydrogen-bond acceptors (Lipinski definition) is 6. The number of hydrogen-bond donors (Lipinski definition) is 0. The molecule has 0 N–H and O–H groups in total. The number of anilines is 1. The van der Waals surface area contributed by atoms with E-state index >= 15 is 0 Å². The Kier molecular flexibility index (Phi) is 5.05. The summed E-state index contributed by atoms with van der Waals surface area (Å²) in [4.78, 5) is 4.91. The van der Waals surface area contributed by atoms with E-state index in [2.05, 4.69) is 26.6 Å². The zero-order valence-corrected chi connectivity index (χ0v) is 16.3. The molecule has 6 heteroatoms. The second kappa shape index (κ2) is 7.62. The van der Waals surface area contributed by atoms with Crippen molar-refractivity contribution in [2.75, 3.05) is 45.3 Å². The molecule has 2 fully saturated rings. The van der Waals surface area contributed by atoms with Gasteiger partial charge in [0.25, 0.3) is 0 Å². The Bertz CT molecular complexity index is 832. The molecule has 2 aliphatic heterocycles. The third-order valence-electron chi connectivity index (χ3n) is 5.87. The first-order valence-corrected chi connectivity index (χ1v) is 9.77. The average Bonchev–Trinajstić information content (AvgIpc) is 3.26. The Morgan fingerprint density at radius 2 is 1.81 bits per heavy atom. The summed E-state index contributed by atoms with van der Waals surface area (Å²) in [5.74, 6) is 1.89. The van der Waals surface area contributed by atoms with E-state index in [1.54, 1.807) is 14.2 Å². The molecule has 27 heavy (non-hydrogen) atoms. The van der Waals surface area contributed by atoms with Gasteiger partial charge >= 0.3 is 0 Å². The van der Waals surface area contributed by atoms with E-state index in [1.165, 1.54) is 25.0 Å². The van der Waals surface area contributed by atoms with Gasteiger partial charge < -0.3 is 19.3 Å². The molecule has 0 bridgehead atoms. The first-order valence-electron chi connectivity index (χ1n) is 9.77. The summed E-state index contributed by atoms with van der Waals surface area (Å²) in [6.07, 6.45) is 6.81. The van der Waals surface area contributed by atoms with Gasteiger partial charge in [-0.1, -0.05) is 6.58 Å². The number of nitrogens with zero attached hydrogens (tertiary/aromatic N) is 4. The highest BCUT2D eigenvalue weighted by molar-refractivity contribution is 5.93. The minimum Gasteiger partial charge on any atom is -0.493 e. The molecule has 0 radical (unpaired) electrons. The van der Waals surface area contributed by atoms with Crippen molar-refractivity contribution in [3.63, 3.8) is 0 Å². The van der Waals surface area contributed by atoms with Crippen LogP contribution in [0, 0.1) is 5.92 Å². The number of aromatic nitrogens is 2. The predicted molar refractivity (Wildman–Crippen MR) is 108 cm³/mol. The highest BCUT2D eigenvalue weighted by Crippen LogP contribution is 2.37. The van der Waals surface area contributed by atoms with Gasteiger partial charge in [-0.15, -0.1) is 0 Å². The van der Waals surface area contributed by atoms with Crippen molar-refractivity contribution in [2.24, 2.45) is 5.92 Å². The van der Waals surface area contributed by atoms with Crippen LogP contribution in [0.15, 0.2) is 30.6 Å². The second-order valence-electron chi connectivity index (χ2n) is 7.42. The van der Waals surface area contributed by atoms with Crippen LogP contribution in [0.2, 0.25) is 0 Å². The molecule has 2 saturated heterocycles. The van der Waals surface area contributed by atoms with Gasteiger partial charge in [-0.3, -0.25) is 0 Å². The molecule has 144 valence electrons. The van der Waals surface area contributed by atoms with Crippen molar-refractivity contribution in [3.8, 4) is 11.5 Å². The van der Waals surface area contributed by atoms with Crippen LogP contribution in [0.1, 0.15) is 25.7 Å². The Hall–Kier alpha value is -2.50. The lowest BCUT2D eigenvalue weighted by atomic mass is 9.94. The average molecular weight is 368 g/mol. The Morgan fingerprint density at radius 3 is 2.56 bits per heavy atom. The van der Waals surface area contributed by atoms with Crippen LogP contribution in [0.25, 0.3) is 10.9 Å². The van der Waals surface area contributed by atoms with Crippen LogP contribution in [0.4, 0.5) is 5.69 Å². The van der Waals surface area contributed by atoms with Crippen LogP contribution in [0.5, 0.6) is 11.5 Å². The van der Waals surface area contributed by atoms with Gasteiger partial charge in [0, 0.05) is 49.2 Å². The Morgan fingerprint density at radius 1 is 1.07 bits per heavy atom. The fourth-order valence-corrected chi connectivity index (χ4v) is 4.35. The van der Waals surface area contributed by atoms with Crippen molar-refractivity contribution in [2.45, 2.75) is 25.7 Å². The summed E-state index contributed by atoms with van der Waals surface area (Å²) in [6.45, 7) is 8.76. The Labute approximate surface area is 160 Å². The summed E-state index contributed by atoms with van der Waals surface area (Å²) >= 11 is 0. The Balaban J connectivity index is 1.63. The standard InChI is InChI=1S/C21H28N4O2/c1-15(24-8-4-5-9-24)16-7-6-10-25(14-16)19-13-22-23-18-12-21(27-3)20(26-2)11-17(18)19/h11-13,16H,1,4-10,14H2,2-3H3. The molecule has 2 aromatic rings. The molecule has 1 aromatic carbocycles. The summed E-state index contributed by atoms with van der Waals surface area (Å²) in [7, 11) is 3.30. The van der Waals surface area contributed by atoms with Gasteiger partial charge in [-0.25, -0.2) is 0 Å². The van der Waals surface area contributed by atoms with Crippen LogP contribution in [0.3, 0.4) is 0 Å². The second-order valence-corrected chi connectivity index (χ2v) is 7.42. The van der Waals surface area contributed by atoms with Gasteiger partial charge in [0.05, 0.1) is 31.6 Å². The van der Waals surface area contributed by atoms with Crippen molar-refractivity contribution in [3.05, 3.63) is 30.6 Å². The van der Waals surface area contributed by atoms with Crippen molar-refractivity contribution in [1.82, 2.24) is 15.1 Å². The lowest BCUT2D eigenvalue weighted by molar-refractivity contribution is 0.332. The van der Waals surface area contributed by atoms with E-state index in [-0.39, 0.29) is 0 Å². The molecule has 3 heterocycles. The van der Waals surface area contributed by atoms with Crippen molar-refractivity contribution < 1.29 is 9.47 Å². The maximum absolute atomic E-state index is 5.50. The highest BCUT2D eigenvalue weighted by atomic mass is 16.5. The molecule has 2 aliphatic rings. The number of ether oxygens (including phenoxy) is 2. The summed E-state index contributed by atoms with van der Waals surface area (Å²) in [5, 5.41) is 9.60. The molecule has 0 aliphatic carbocycles. The fourth-order valence-electron chi connectivity index (χ4n) is 4.35. The van der Waals surface area contributed by atoms with E-state index in [0.29, 0.717) is 17.4 Å². The SMILES string of the molecule is C=C(C1CCCN(c2cnnc3cc(OC)c(OC)cc23)C1)N1CCCC1. The number of likely N-dealkylation sites (tertiary alicyclic amines) is 1. The van der Waals surface area contributed by atoms with E-state index in [0.717, 1.165) is 49.2 Å². The van der Waals surface area contributed by atoms with E-state index < -0.39 is 0 Å². The largest absolute Gasteiger partial charge is 0.493 e. The first kappa shape index (κ1) is 17.9. The first-order chi connectivity index (χ1) is 13.2. The minimum absolute atomic E-state index is 0.500. The van der Waals surface area contributed by atoms with Crippen molar-refractivity contribution in [1.29, 1.82) is 0 Å². The van der Waals surface area contributed by atoms with Gasteiger partial charge in [0.1, 0.15) is 0 Å². The lowest BCUT2D eigenvalue weighted by Gasteiger charge is -2.38. The van der Waals surface area contributed by atoms with Gasteiger partial charge in [-0.2, -0.15) is 10.2 Å². The van der Waals surface area contributed by atoms with Crippen LogP contribution >= 0.6 is 0 Å². The molecule has 0 amide bonds. The number of methoxy groups -OCH3 is 2. The molecule has 4 rings (SSSR count). The zero-order chi connectivity index (χ0) is 18.8. The van der Waals surface area contributed by atoms with Crippen molar-refractivity contribution >= 4 is 16.6 Å². The summed E-state index contributed by atoms with van der Waals surface area (Å²) < 4.78 is 10.9. The van der Waals surface area contributed by atoms with Crippen LogP contribution in [-0.4, -0.2) is 55.5 Å². The molecular formula is C21H28N4O2. The molecule has 6 nitrogen and oxygen atoms in total. The molecule has 0 spiro atoms. The fraction of sp³-hybridized carbons (Fsp3) is 0.524. The van der Waals surface area contributed by atoms with Gasteiger partial charge in [-0.05, 0) is 31.7 Å². The third kappa shape index (κ3) is 3.40. The smallest absolute Gasteiger partial charge is 0.162 e. The summed E-state index contributed by atoms with van der Waals surface area (Å²) in [5.41, 5.74) is 3.24. The highest BCUT2D eigenvalue weighted by Gasteiger charge is 2.27. The van der Waals surface area contributed by atoms with Crippen LogP contribution in [-0.2, 0) is 0 Å². The number of fused-ring (bicyclic) bond motifs is 1. The zero-order valence-electron chi connectivity index (χ0n) is 16.3. The normalized spacial score (nSPS) is 20.1. The van der Waals surface area contributed by atoms with E-state index in [9.17, 15) is 0 Å². The van der Waals surface area contributed by atoms with Crippen LogP contribution < -0.4 is 14.4 Å². The summed E-state index contributed by atoms with van der Waals surface area (Å²) in [6, 6.07) is 3.91. The number of benzene rings is 1. The van der Waals surface area contributed by atoms with E-state index in [1.807, 2.05) is 18.3 Å². The van der Waals surface area contributed by atoms with Gasteiger partial charge in [0.2, 0.25) is 0 Å². The molecule has 1 unspecified atom stereocenters. The minimum atomic E-state index is 0.500. The number of piperidine rings is 1. The van der Waals surface area contributed by atoms with Gasteiger partial charge in [0.15, 0.2) is 11.5 Å². The number of rotatable bonds is 5. The molecule has 1 aromatic heterocycles. The third-order valence-corrected chi connectivity index (χ3v) is 5.87. The predicted octanol–water partition coefficient (Wildman–Crippen LogP) is 3.47.